The molecule has 0 aromatic carbocycles. The second-order valence-electron chi connectivity index (χ2n) is 6.26. The third-order valence-electron chi connectivity index (χ3n) is 3.94. The van der Waals surface area contributed by atoms with Crippen LogP contribution in [-0.4, -0.2) is 44.0 Å². The molecular weight excluding hydrogens is 308 g/mol. The van der Waals surface area contributed by atoms with Gasteiger partial charge in [-0.15, -0.1) is 0 Å². The maximum atomic E-state index is 4.96. The zero-order valence-electron chi connectivity index (χ0n) is 14.6. The zero-order valence-corrected chi connectivity index (χ0v) is 14.6. The fraction of sp³-hybridized carbons (Fsp3) is 0.667. The van der Waals surface area contributed by atoms with E-state index in [1.807, 2.05) is 4.68 Å². The van der Waals surface area contributed by atoms with E-state index in [4.69, 9.17) is 4.52 Å². The maximum Gasteiger partial charge on any atom is 0.223 e. The maximum absolute atomic E-state index is 4.96. The van der Waals surface area contributed by atoms with E-state index in [9.17, 15) is 0 Å². The molecule has 9 heteroatoms. The Bertz CT molecular complexity index is 717. The lowest BCUT2D eigenvalue weighted by Gasteiger charge is -2.25. The summed E-state index contributed by atoms with van der Waals surface area (Å²) in [6.07, 6.45) is 1.91. The summed E-state index contributed by atoms with van der Waals surface area (Å²) in [6, 6.07) is 0.261. The molecule has 0 saturated carbocycles. The Morgan fingerprint density at radius 2 is 2.25 bits per heavy atom. The number of hydrogen-bond donors (Lipinski definition) is 2. The fourth-order valence-corrected chi connectivity index (χ4v) is 2.65. The SMILES string of the molecule is CN=C(NCc1noc(C)n1)NC1CCc2nc(C(C)C)nn2C1. The summed E-state index contributed by atoms with van der Waals surface area (Å²) in [5, 5.41) is 15.1. The molecule has 24 heavy (non-hydrogen) atoms. The summed E-state index contributed by atoms with van der Waals surface area (Å²) in [6.45, 7) is 7.25. The second-order valence-corrected chi connectivity index (χ2v) is 6.26. The lowest BCUT2D eigenvalue weighted by Crippen LogP contribution is -2.46. The Kier molecular flexibility index (Phi) is 4.77. The molecule has 1 atom stereocenters. The van der Waals surface area contributed by atoms with Crippen molar-refractivity contribution in [3.63, 3.8) is 0 Å². The molecule has 2 aromatic heterocycles. The fourth-order valence-electron chi connectivity index (χ4n) is 2.65. The van der Waals surface area contributed by atoms with Gasteiger partial charge in [-0.05, 0) is 6.42 Å². The van der Waals surface area contributed by atoms with Crippen molar-refractivity contribution in [3.8, 4) is 0 Å². The molecule has 0 saturated heterocycles. The van der Waals surface area contributed by atoms with Crippen LogP contribution >= 0.6 is 0 Å². The van der Waals surface area contributed by atoms with E-state index in [1.165, 1.54) is 0 Å². The van der Waals surface area contributed by atoms with Crippen molar-refractivity contribution < 1.29 is 4.52 Å². The van der Waals surface area contributed by atoms with Gasteiger partial charge in [0.15, 0.2) is 17.6 Å². The molecule has 2 N–H and O–H groups in total. The highest BCUT2D eigenvalue weighted by atomic mass is 16.5. The molecule has 0 spiro atoms. The third-order valence-corrected chi connectivity index (χ3v) is 3.94. The molecule has 1 aliphatic rings. The highest BCUT2D eigenvalue weighted by molar-refractivity contribution is 5.79. The number of nitrogens with zero attached hydrogens (tertiary/aromatic N) is 6. The Hall–Kier alpha value is -2.45. The van der Waals surface area contributed by atoms with E-state index < -0.39 is 0 Å². The van der Waals surface area contributed by atoms with E-state index in [-0.39, 0.29) is 6.04 Å². The molecular formula is C15H24N8O. The second kappa shape index (κ2) is 6.98. The Labute approximate surface area is 141 Å². The van der Waals surface area contributed by atoms with Crippen molar-refractivity contribution >= 4 is 5.96 Å². The smallest absolute Gasteiger partial charge is 0.223 e. The first-order chi connectivity index (χ1) is 11.5. The predicted molar refractivity (Wildman–Crippen MR) is 88.6 cm³/mol. The number of nitrogens with one attached hydrogen (secondary N) is 2. The number of fused-ring (bicyclic) bond motifs is 1. The van der Waals surface area contributed by atoms with Crippen LogP contribution in [0.2, 0.25) is 0 Å². The van der Waals surface area contributed by atoms with Crippen molar-refractivity contribution in [1.29, 1.82) is 0 Å². The number of guanidine groups is 1. The summed E-state index contributed by atoms with van der Waals surface area (Å²) in [4.78, 5) is 13.0. The van der Waals surface area contributed by atoms with E-state index in [0.717, 1.165) is 37.0 Å². The normalized spacial score (nSPS) is 17.9. The molecule has 9 nitrogen and oxygen atoms in total. The molecule has 130 valence electrons. The molecule has 3 rings (SSSR count). The minimum absolute atomic E-state index is 0.261. The summed E-state index contributed by atoms with van der Waals surface area (Å²) in [5.74, 6) is 4.22. The number of aliphatic imine (C=N–C) groups is 1. The van der Waals surface area contributed by atoms with Crippen LogP contribution in [0, 0.1) is 6.92 Å². The van der Waals surface area contributed by atoms with Crippen LogP contribution in [-0.2, 0) is 19.5 Å². The lowest BCUT2D eigenvalue weighted by atomic mass is 10.1. The predicted octanol–water partition coefficient (Wildman–Crippen LogP) is 0.773. The van der Waals surface area contributed by atoms with Gasteiger partial charge in [-0.1, -0.05) is 19.0 Å². The topological polar surface area (TPSA) is 106 Å². The van der Waals surface area contributed by atoms with Crippen molar-refractivity contribution in [2.45, 2.75) is 58.7 Å². The average molecular weight is 332 g/mol. The van der Waals surface area contributed by atoms with Gasteiger partial charge < -0.3 is 15.2 Å². The van der Waals surface area contributed by atoms with Crippen LogP contribution in [0.4, 0.5) is 0 Å². The summed E-state index contributed by atoms with van der Waals surface area (Å²) >= 11 is 0. The Balaban J connectivity index is 1.56. The molecule has 0 aliphatic carbocycles. The first kappa shape index (κ1) is 16.4. The van der Waals surface area contributed by atoms with Gasteiger partial charge in [0.25, 0.3) is 0 Å². The molecule has 0 bridgehead atoms. The van der Waals surface area contributed by atoms with Crippen LogP contribution in [0.5, 0.6) is 0 Å². The van der Waals surface area contributed by atoms with Crippen LogP contribution in [0.15, 0.2) is 9.52 Å². The molecule has 0 fully saturated rings. The van der Waals surface area contributed by atoms with Gasteiger partial charge in [-0.2, -0.15) is 10.1 Å². The molecule has 2 aromatic rings. The van der Waals surface area contributed by atoms with E-state index in [1.54, 1.807) is 14.0 Å². The van der Waals surface area contributed by atoms with Gasteiger partial charge in [0.2, 0.25) is 5.89 Å². The van der Waals surface area contributed by atoms with E-state index in [2.05, 4.69) is 49.7 Å². The lowest BCUT2D eigenvalue weighted by molar-refractivity contribution is 0.385. The summed E-state index contributed by atoms with van der Waals surface area (Å²) < 4.78 is 6.97. The van der Waals surface area contributed by atoms with Gasteiger partial charge in [0.05, 0.1) is 13.1 Å². The molecule has 0 amide bonds. The van der Waals surface area contributed by atoms with Crippen LogP contribution in [0.25, 0.3) is 0 Å². The minimum Gasteiger partial charge on any atom is -0.352 e. The van der Waals surface area contributed by atoms with E-state index in [0.29, 0.717) is 24.2 Å². The zero-order chi connectivity index (χ0) is 17.1. The minimum atomic E-state index is 0.261. The first-order valence-corrected chi connectivity index (χ1v) is 8.25. The van der Waals surface area contributed by atoms with Crippen LogP contribution < -0.4 is 10.6 Å². The Morgan fingerprint density at radius 3 is 2.92 bits per heavy atom. The monoisotopic (exact) mass is 332 g/mol. The largest absolute Gasteiger partial charge is 0.352 e. The van der Waals surface area contributed by atoms with Gasteiger partial charge in [0, 0.05) is 32.4 Å². The Morgan fingerprint density at radius 1 is 1.42 bits per heavy atom. The third kappa shape index (κ3) is 3.72. The first-order valence-electron chi connectivity index (χ1n) is 8.25. The number of aromatic nitrogens is 5. The van der Waals surface area contributed by atoms with Gasteiger partial charge in [-0.25, -0.2) is 9.67 Å². The van der Waals surface area contributed by atoms with Gasteiger partial charge in [-0.3, -0.25) is 4.99 Å². The van der Waals surface area contributed by atoms with E-state index >= 15 is 0 Å². The molecule has 3 heterocycles. The van der Waals surface area contributed by atoms with Crippen molar-refractivity contribution in [3.05, 3.63) is 23.4 Å². The molecule has 1 aliphatic heterocycles. The quantitative estimate of drug-likeness (QED) is 0.629. The van der Waals surface area contributed by atoms with Gasteiger partial charge in [0.1, 0.15) is 5.82 Å². The number of rotatable bonds is 4. The highest BCUT2D eigenvalue weighted by Gasteiger charge is 2.23. The summed E-state index contributed by atoms with van der Waals surface area (Å²) in [7, 11) is 1.75. The van der Waals surface area contributed by atoms with Crippen LogP contribution in [0.1, 0.15) is 49.6 Å². The summed E-state index contributed by atoms with van der Waals surface area (Å²) in [5.41, 5.74) is 0. The molecule has 0 radical (unpaired) electrons. The average Bonchev–Trinajstić information content (AvgIpc) is 3.17. The van der Waals surface area contributed by atoms with Crippen molar-refractivity contribution in [1.82, 2.24) is 35.5 Å². The number of hydrogen-bond acceptors (Lipinski definition) is 6. The highest BCUT2D eigenvalue weighted by Crippen LogP contribution is 2.16. The standard InChI is InChI=1S/C15H24N8O/c1-9(2)14-20-13-6-5-11(8-23(13)21-14)19-15(16-4)17-7-12-18-10(3)24-22-12/h9,11H,5-8H2,1-4H3,(H2,16,17,19). The van der Waals surface area contributed by atoms with Crippen molar-refractivity contribution in [2.75, 3.05) is 7.05 Å². The van der Waals surface area contributed by atoms with Crippen LogP contribution in [0.3, 0.4) is 0 Å². The molecule has 1 unspecified atom stereocenters. The number of aryl methyl sites for hydroxylation is 2. The van der Waals surface area contributed by atoms with Gasteiger partial charge >= 0.3 is 0 Å². The van der Waals surface area contributed by atoms with Crippen molar-refractivity contribution in [2.24, 2.45) is 4.99 Å².